The van der Waals surface area contributed by atoms with Gasteiger partial charge in [-0.3, -0.25) is 9.59 Å². The summed E-state index contributed by atoms with van der Waals surface area (Å²) in [5.74, 6) is 0.619. The van der Waals surface area contributed by atoms with Crippen molar-refractivity contribution in [1.82, 2.24) is 16.0 Å². The summed E-state index contributed by atoms with van der Waals surface area (Å²) in [4.78, 5) is 25.6. The molecule has 1 aliphatic carbocycles. The minimum atomic E-state index is -0.734. The molecule has 0 radical (unpaired) electrons. The van der Waals surface area contributed by atoms with Gasteiger partial charge < -0.3 is 21.1 Å². The van der Waals surface area contributed by atoms with Crippen LogP contribution < -0.4 is 16.0 Å². The lowest BCUT2D eigenvalue weighted by Crippen LogP contribution is -2.53. The fourth-order valence-corrected chi connectivity index (χ4v) is 5.65. The first-order valence-corrected chi connectivity index (χ1v) is 14.7. The van der Waals surface area contributed by atoms with Crippen LogP contribution >= 0.6 is 0 Å². The van der Waals surface area contributed by atoms with Crippen molar-refractivity contribution in [2.75, 3.05) is 6.54 Å². The van der Waals surface area contributed by atoms with Crippen LogP contribution in [0.5, 0.6) is 0 Å². The lowest BCUT2D eigenvalue weighted by Gasteiger charge is -2.40. The molecular weight excluding hydrogens is 486 g/mol. The second kappa shape index (κ2) is 14.6. The Hall–Kier alpha value is -2.70. The van der Waals surface area contributed by atoms with E-state index in [2.05, 4.69) is 67.9 Å². The van der Waals surface area contributed by atoms with Crippen LogP contribution in [0.4, 0.5) is 0 Å². The predicted octanol–water partition coefficient (Wildman–Crippen LogP) is 5.10. The molecule has 6 heteroatoms. The van der Waals surface area contributed by atoms with Gasteiger partial charge in [-0.25, -0.2) is 0 Å². The molecule has 6 nitrogen and oxygen atoms in total. The van der Waals surface area contributed by atoms with Gasteiger partial charge in [-0.1, -0.05) is 81.8 Å². The molecule has 0 saturated heterocycles. The van der Waals surface area contributed by atoms with E-state index in [1.165, 1.54) is 11.1 Å². The largest absolute Gasteiger partial charge is 0.390 e. The standard InChI is InChI=1S/C33H49N3O3/c1-6-31(38)36-33(4,5)28-17-11-16-27(20-28)32(39)35-29(19-24-12-8-7-9-13-24)30(37)22-34-21-25-14-10-15-26(18-25)23(2)3/h7-10,12-15,18,23,27-30,34,37H,6,11,16-17,19-22H2,1-5H3,(H,35,39)(H,36,38)/t27-,28+,29?,30-/m1/s1. The number of rotatable bonds is 13. The molecule has 4 N–H and O–H groups in total. The topological polar surface area (TPSA) is 90.5 Å². The van der Waals surface area contributed by atoms with Gasteiger partial charge in [0.1, 0.15) is 0 Å². The monoisotopic (exact) mass is 535 g/mol. The van der Waals surface area contributed by atoms with Crippen LogP contribution in [-0.2, 0) is 22.6 Å². The highest BCUT2D eigenvalue weighted by molar-refractivity contribution is 5.79. The maximum atomic E-state index is 13.5. The summed E-state index contributed by atoms with van der Waals surface area (Å²) in [6, 6.07) is 18.1. The molecule has 0 spiro atoms. The van der Waals surface area contributed by atoms with Crippen LogP contribution in [0.25, 0.3) is 0 Å². The highest BCUT2D eigenvalue weighted by Crippen LogP contribution is 2.36. The fraction of sp³-hybridized carbons (Fsp3) is 0.576. The van der Waals surface area contributed by atoms with E-state index in [4.69, 9.17) is 0 Å². The van der Waals surface area contributed by atoms with Crippen LogP contribution in [0.2, 0.25) is 0 Å². The quantitative estimate of drug-likeness (QED) is 0.287. The van der Waals surface area contributed by atoms with Gasteiger partial charge in [-0.05, 0) is 68.1 Å². The number of carbonyl (C=O) groups excluding carboxylic acids is 2. The fourth-order valence-electron chi connectivity index (χ4n) is 5.65. The van der Waals surface area contributed by atoms with E-state index in [0.29, 0.717) is 31.8 Å². The molecule has 0 aromatic heterocycles. The first-order valence-electron chi connectivity index (χ1n) is 14.7. The lowest BCUT2D eigenvalue weighted by molar-refractivity contribution is -0.128. The Balaban J connectivity index is 1.63. The second-order valence-electron chi connectivity index (χ2n) is 12.1. The lowest BCUT2D eigenvalue weighted by atomic mass is 9.72. The maximum absolute atomic E-state index is 13.5. The van der Waals surface area contributed by atoms with Crippen LogP contribution in [0.15, 0.2) is 54.6 Å². The third-order valence-electron chi connectivity index (χ3n) is 8.24. The molecule has 0 bridgehead atoms. The Kier molecular flexibility index (Phi) is 11.6. The van der Waals surface area contributed by atoms with Crippen molar-refractivity contribution in [2.24, 2.45) is 11.8 Å². The zero-order valence-electron chi connectivity index (χ0n) is 24.5. The van der Waals surface area contributed by atoms with Crippen molar-refractivity contribution < 1.29 is 14.7 Å². The van der Waals surface area contributed by atoms with E-state index in [9.17, 15) is 14.7 Å². The number of hydrogen-bond donors (Lipinski definition) is 4. The van der Waals surface area contributed by atoms with E-state index in [0.717, 1.165) is 31.2 Å². The molecule has 1 unspecified atom stereocenters. The van der Waals surface area contributed by atoms with Crippen molar-refractivity contribution in [3.05, 3.63) is 71.3 Å². The zero-order valence-corrected chi connectivity index (χ0v) is 24.5. The van der Waals surface area contributed by atoms with Gasteiger partial charge in [-0.2, -0.15) is 0 Å². The first kappa shape index (κ1) is 30.8. The van der Waals surface area contributed by atoms with Gasteiger partial charge in [-0.15, -0.1) is 0 Å². The summed E-state index contributed by atoms with van der Waals surface area (Å²) in [6.07, 6.45) is 3.81. The molecule has 0 heterocycles. The molecule has 4 atom stereocenters. The highest BCUT2D eigenvalue weighted by Gasteiger charge is 2.37. The third-order valence-corrected chi connectivity index (χ3v) is 8.24. The normalized spacial score (nSPS) is 19.4. The van der Waals surface area contributed by atoms with Crippen molar-refractivity contribution >= 4 is 11.8 Å². The Bertz CT molecular complexity index is 1050. The molecule has 1 fully saturated rings. The van der Waals surface area contributed by atoms with Crippen molar-refractivity contribution in [3.63, 3.8) is 0 Å². The second-order valence-corrected chi connectivity index (χ2v) is 12.1. The van der Waals surface area contributed by atoms with Crippen molar-refractivity contribution in [2.45, 2.75) is 103 Å². The number of nitrogens with one attached hydrogen (secondary N) is 3. The van der Waals surface area contributed by atoms with Crippen molar-refractivity contribution in [3.8, 4) is 0 Å². The van der Waals surface area contributed by atoms with Gasteiger partial charge in [0.05, 0.1) is 12.1 Å². The Morgan fingerprint density at radius 1 is 1.03 bits per heavy atom. The van der Waals surface area contributed by atoms with Crippen LogP contribution in [0.3, 0.4) is 0 Å². The smallest absolute Gasteiger partial charge is 0.223 e. The maximum Gasteiger partial charge on any atom is 0.223 e. The average Bonchev–Trinajstić information content (AvgIpc) is 2.93. The summed E-state index contributed by atoms with van der Waals surface area (Å²) in [7, 11) is 0. The highest BCUT2D eigenvalue weighted by atomic mass is 16.3. The SMILES string of the molecule is CCC(=O)NC(C)(C)[C@H]1CCC[C@@H](C(=O)NC(Cc2ccccc2)[C@H](O)CNCc2cccc(C(C)C)c2)C1. The van der Waals surface area contributed by atoms with E-state index >= 15 is 0 Å². The van der Waals surface area contributed by atoms with Gasteiger partial charge in [0.25, 0.3) is 0 Å². The van der Waals surface area contributed by atoms with E-state index < -0.39 is 12.1 Å². The number of benzene rings is 2. The third kappa shape index (κ3) is 9.47. The van der Waals surface area contributed by atoms with Gasteiger partial charge in [0.2, 0.25) is 11.8 Å². The van der Waals surface area contributed by atoms with Gasteiger partial charge in [0.15, 0.2) is 0 Å². The van der Waals surface area contributed by atoms with Crippen LogP contribution in [-0.4, -0.2) is 41.2 Å². The molecule has 2 aromatic carbocycles. The number of aliphatic hydroxyl groups excluding tert-OH is 1. The average molecular weight is 536 g/mol. The Morgan fingerprint density at radius 2 is 1.74 bits per heavy atom. The molecule has 1 aliphatic rings. The first-order chi connectivity index (χ1) is 18.6. The minimum Gasteiger partial charge on any atom is -0.390 e. The number of aliphatic hydroxyl groups is 1. The summed E-state index contributed by atoms with van der Waals surface area (Å²) >= 11 is 0. The zero-order chi connectivity index (χ0) is 28.4. The minimum absolute atomic E-state index is 0.00179. The predicted molar refractivity (Wildman–Crippen MR) is 158 cm³/mol. The molecule has 39 heavy (non-hydrogen) atoms. The van der Waals surface area contributed by atoms with Gasteiger partial charge in [0, 0.05) is 31.0 Å². The summed E-state index contributed by atoms with van der Waals surface area (Å²) in [6.45, 7) is 11.4. The number of carbonyl (C=O) groups is 2. The summed E-state index contributed by atoms with van der Waals surface area (Å²) < 4.78 is 0. The van der Waals surface area contributed by atoms with E-state index in [-0.39, 0.29) is 29.2 Å². The van der Waals surface area contributed by atoms with Crippen LogP contribution in [0, 0.1) is 11.8 Å². The molecule has 214 valence electrons. The molecule has 1 saturated carbocycles. The van der Waals surface area contributed by atoms with E-state index in [1.807, 2.05) is 37.3 Å². The Labute approximate surface area is 235 Å². The molecular formula is C33H49N3O3. The summed E-state index contributed by atoms with van der Waals surface area (Å²) in [5.41, 5.74) is 3.21. The van der Waals surface area contributed by atoms with Crippen molar-refractivity contribution in [1.29, 1.82) is 0 Å². The molecule has 0 aliphatic heterocycles. The molecule has 2 amide bonds. The number of amides is 2. The molecule has 2 aromatic rings. The van der Waals surface area contributed by atoms with E-state index in [1.54, 1.807) is 0 Å². The Morgan fingerprint density at radius 3 is 2.44 bits per heavy atom. The number of hydrogen-bond acceptors (Lipinski definition) is 4. The van der Waals surface area contributed by atoms with Crippen LogP contribution in [0.1, 0.15) is 89.3 Å². The summed E-state index contributed by atoms with van der Waals surface area (Å²) in [5, 5.41) is 21.0. The van der Waals surface area contributed by atoms with Gasteiger partial charge >= 0.3 is 0 Å². The molecule has 3 rings (SSSR count).